The third-order valence-corrected chi connectivity index (χ3v) is 2.96. The second-order valence-corrected chi connectivity index (χ2v) is 4.40. The van der Waals surface area contributed by atoms with Gasteiger partial charge in [0.25, 0.3) is 0 Å². The summed E-state index contributed by atoms with van der Waals surface area (Å²) in [6.45, 7) is 5.41. The molecule has 0 aliphatic heterocycles. The van der Waals surface area contributed by atoms with Gasteiger partial charge in [0.1, 0.15) is 11.6 Å². The molecule has 4 heteroatoms. The SMILES string of the molecule is CCNC(c1cccc(OCC)c1)c1ccc(F)cn1. The first-order chi connectivity index (χ1) is 9.74. The fourth-order valence-corrected chi connectivity index (χ4v) is 2.11. The van der Waals surface area contributed by atoms with Crippen LogP contribution in [-0.4, -0.2) is 18.1 Å². The highest BCUT2D eigenvalue weighted by atomic mass is 19.1. The van der Waals surface area contributed by atoms with Crippen molar-refractivity contribution in [3.05, 3.63) is 59.7 Å². The van der Waals surface area contributed by atoms with E-state index in [9.17, 15) is 4.39 Å². The van der Waals surface area contributed by atoms with Crippen LogP contribution in [0.1, 0.15) is 31.1 Å². The molecule has 20 heavy (non-hydrogen) atoms. The Morgan fingerprint density at radius 2 is 2.10 bits per heavy atom. The van der Waals surface area contributed by atoms with Crippen LogP contribution in [0.2, 0.25) is 0 Å². The number of aromatic nitrogens is 1. The highest BCUT2D eigenvalue weighted by molar-refractivity contribution is 5.34. The van der Waals surface area contributed by atoms with Crippen LogP contribution in [0.3, 0.4) is 0 Å². The van der Waals surface area contributed by atoms with Gasteiger partial charge >= 0.3 is 0 Å². The zero-order valence-electron chi connectivity index (χ0n) is 11.8. The maximum Gasteiger partial charge on any atom is 0.141 e. The largest absolute Gasteiger partial charge is 0.494 e. The van der Waals surface area contributed by atoms with E-state index in [1.54, 1.807) is 6.07 Å². The molecule has 3 nitrogen and oxygen atoms in total. The number of pyridine rings is 1. The van der Waals surface area contributed by atoms with E-state index in [1.165, 1.54) is 12.3 Å². The Morgan fingerprint density at radius 1 is 1.25 bits per heavy atom. The van der Waals surface area contributed by atoms with Crippen molar-refractivity contribution in [3.63, 3.8) is 0 Å². The van der Waals surface area contributed by atoms with Gasteiger partial charge in [0.05, 0.1) is 24.5 Å². The van der Waals surface area contributed by atoms with Gasteiger partial charge < -0.3 is 10.1 Å². The number of rotatable bonds is 6. The van der Waals surface area contributed by atoms with Gasteiger partial charge in [-0.1, -0.05) is 19.1 Å². The van der Waals surface area contributed by atoms with E-state index in [2.05, 4.69) is 10.3 Å². The van der Waals surface area contributed by atoms with Crippen LogP contribution in [0.25, 0.3) is 0 Å². The van der Waals surface area contributed by atoms with Crippen LogP contribution in [0.15, 0.2) is 42.6 Å². The van der Waals surface area contributed by atoms with Crippen LogP contribution >= 0.6 is 0 Å². The third kappa shape index (κ3) is 3.54. The van der Waals surface area contributed by atoms with E-state index in [1.807, 2.05) is 38.1 Å². The fourth-order valence-electron chi connectivity index (χ4n) is 2.11. The Kier molecular flexibility index (Phi) is 5.07. The van der Waals surface area contributed by atoms with Gasteiger partial charge in [-0.2, -0.15) is 0 Å². The van der Waals surface area contributed by atoms with E-state index in [-0.39, 0.29) is 11.9 Å². The molecule has 0 aliphatic carbocycles. The van der Waals surface area contributed by atoms with E-state index in [4.69, 9.17) is 4.74 Å². The standard InChI is InChI=1S/C16H19FN2O/c1-3-18-16(15-9-8-13(17)11-19-15)12-6-5-7-14(10-12)20-4-2/h5-11,16,18H,3-4H2,1-2H3. The van der Waals surface area contributed by atoms with Gasteiger partial charge in [-0.25, -0.2) is 4.39 Å². The van der Waals surface area contributed by atoms with E-state index >= 15 is 0 Å². The first-order valence-electron chi connectivity index (χ1n) is 6.82. The molecule has 1 aromatic carbocycles. The average Bonchev–Trinajstić information content (AvgIpc) is 2.47. The number of ether oxygens (including phenoxy) is 1. The number of nitrogens with zero attached hydrogens (tertiary/aromatic N) is 1. The van der Waals surface area contributed by atoms with Crippen molar-refractivity contribution in [1.82, 2.24) is 10.3 Å². The molecule has 0 saturated heterocycles. The molecule has 106 valence electrons. The number of benzene rings is 1. The summed E-state index contributed by atoms with van der Waals surface area (Å²) in [6.07, 6.45) is 1.24. The molecule has 1 atom stereocenters. The summed E-state index contributed by atoms with van der Waals surface area (Å²) in [5.74, 6) is 0.502. The Balaban J connectivity index is 2.32. The molecule has 2 rings (SSSR count). The Morgan fingerprint density at radius 3 is 2.75 bits per heavy atom. The molecule has 0 bridgehead atoms. The van der Waals surface area contributed by atoms with Crippen molar-refractivity contribution < 1.29 is 9.13 Å². The topological polar surface area (TPSA) is 34.1 Å². The molecule has 1 heterocycles. The van der Waals surface area contributed by atoms with Crippen LogP contribution in [0.5, 0.6) is 5.75 Å². The van der Waals surface area contributed by atoms with Crippen molar-refractivity contribution in [2.75, 3.05) is 13.2 Å². The van der Waals surface area contributed by atoms with Gasteiger partial charge in [0.15, 0.2) is 0 Å². The normalized spacial score (nSPS) is 12.2. The minimum atomic E-state index is -0.327. The Bertz CT molecular complexity index is 542. The minimum Gasteiger partial charge on any atom is -0.494 e. The van der Waals surface area contributed by atoms with Crippen LogP contribution in [0, 0.1) is 5.82 Å². The highest BCUT2D eigenvalue weighted by Gasteiger charge is 2.15. The van der Waals surface area contributed by atoms with E-state index < -0.39 is 0 Å². The van der Waals surface area contributed by atoms with Gasteiger partial charge in [-0.15, -0.1) is 0 Å². The molecule has 1 N–H and O–H groups in total. The molecular weight excluding hydrogens is 255 g/mol. The van der Waals surface area contributed by atoms with E-state index in [0.29, 0.717) is 6.61 Å². The van der Waals surface area contributed by atoms with Crippen LogP contribution in [0.4, 0.5) is 4.39 Å². The second-order valence-electron chi connectivity index (χ2n) is 4.40. The molecule has 0 saturated carbocycles. The summed E-state index contributed by atoms with van der Waals surface area (Å²) in [4.78, 5) is 4.17. The lowest BCUT2D eigenvalue weighted by Crippen LogP contribution is -2.23. The average molecular weight is 274 g/mol. The van der Waals surface area contributed by atoms with E-state index in [0.717, 1.165) is 23.6 Å². The maximum atomic E-state index is 13.0. The number of hydrogen-bond donors (Lipinski definition) is 1. The van der Waals surface area contributed by atoms with Crippen LogP contribution in [-0.2, 0) is 0 Å². The summed E-state index contributed by atoms with van der Waals surface area (Å²) < 4.78 is 18.5. The van der Waals surface area contributed by atoms with Gasteiger partial charge in [-0.05, 0) is 43.3 Å². The predicted molar refractivity (Wildman–Crippen MR) is 77.3 cm³/mol. The lowest BCUT2D eigenvalue weighted by molar-refractivity contribution is 0.339. The fraction of sp³-hybridized carbons (Fsp3) is 0.312. The summed E-state index contributed by atoms with van der Waals surface area (Å²) in [7, 11) is 0. The Labute approximate surface area is 118 Å². The number of halogens is 1. The predicted octanol–water partition coefficient (Wildman–Crippen LogP) is 3.32. The van der Waals surface area contributed by atoms with Crippen molar-refractivity contribution >= 4 is 0 Å². The molecule has 2 aromatic rings. The highest BCUT2D eigenvalue weighted by Crippen LogP contribution is 2.24. The summed E-state index contributed by atoms with van der Waals surface area (Å²) in [5.41, 5.74) is 1.85. The molecule has 0 radical (unpaired) electrons. The monoisotopic (exact) mass is 274 g/mol. The number of nitrogens with one attached hydrogen (secondary N) is 1. The number of hydrogen-bond acceptors (Lipinski definition) is 3. The first-order valence-corrected chi connectivity index (χ1v) is 6.82. The smallest absolute Gasteiger partial charge is 0.141 e. The van der Waals surface area contributed by atoms with Crippen molar-refractivity contribution in [3.8, 4) is 5.75 Å². The zero-order chi connectivity index (χ0) is 14.4. The van der Waals surface area contributed by atoms with Gasteiger partial charge in [0, 0.05) is 0 Å². The molecular formula is C16H19FN2O. The zero-order valence-corrected chi connectivity index (χ0v) is 11.8. The molecule has 0 spiro atoms. The second kappa shape index (κ2) is 7.01. The summed E-state index contributed by atoms with van der Waals surface area (Å²) in [5, 5.41) is 3.36. The lowest BCUT2D eigenvalue weighted by atomic mass is 10.0. The van der Waals surface area contributed by atoms with Gasteiger partial charge in [0.2, 0.25) is 0 Å². The minimum absolute atomic E-state index is 0.0685. The van der Waals surface area contributed by atoms with Crippen molar-refractivity contribution in [2.45, 2.75) is 19.9 Å². The van der Waals surface area contributed by atoms with Crippen molar-refractivity contribution in [2.24, 2.45) is 0 Å². The molecule has 0 amide bonds. The lowest BCUT2D eigenvalue weighted by Gasteiger charge is -2.18. The van der Waals surface area contributed by atoms with Crippen LogP contribution < -0.4 is 10.1 Å². The van der Waals surface area contributed by atoms with Gasteiger partial charge in [-0.3, -0.25) is 4.98 Å². The molecule has 1 aromatic heterocycles. The first kappa shape index (κ1) is 14.5. The quantitative estimate of drug-likeness (QED) is 0.877. The Hall–Kier alpha value is -1.94. The summed E-state index contributed by atoms with van der Waals surface area (Å²) in [6, 6.07) is 10.9. The summed E-state index contributed by atoms with van der Waals surface area (Å²) >= 11 is 0. The third-order valence-electron chi connectivity index (χ3n) is 2.96. The molecule has 0 aliphatic rings. The van der Waals surface area contributed by atoms with Crippen molar-refractivity contribution in [1.29, 1.82) is 0 Å². The molecule has 1 unspecified atom stereocenters. The maximum absolute atomic E-state index is 13.0. The molecule has 0 fully saturated rings.